The van der Waals surface area contributed by atoms with Crippen LogP contribution in [0.3, 0.4) is 0 Å². The Balaban J connectivity index is 2.28. The molecule has 0 spiro atoms. The minimum atomic E-state index is -0.677. The molecule has 0 aliphatic carbocycles. The second kappa shape index (κ2) is 5.80. The number of carbonyl (C=O) groups is 1. The van der Waals surface area contributed by atoms with E-state index in [4.69, 9.17) is 15.6 Å². The molecule has 1 saturated heterocycles. The second-order valence-corrected chi connectivity index (χ2v) is 4.31. The minimum Gasteiger partial charge on any atom is -0.394 e. The van der Waals surface area contributed by atoms with Crippen LogP contribution in [0.1, 0.15) is 10.4 Å². The van der Waals surface area contributed by atoms with Gasteiger partial charge in [0.25, 0.3) is 11.6 Å². The van der Waals surface area contributed by atoms with Gasteiger partial charge in [-0.3, -0.25) is 14.9 Å². The normalized spacial score (nSPS) is 18.9. The number of hydrogen-bond donors (Lipinski definition) is 2. The summed E-state index contributed by atoms with van der Waals surface area (Å²) in [5.74, 6) is -0.488. The lowest BCUT2D eigenvalue weighted by molar-refractivity contribution is -0.385. The molecule has 1 amide bonds. The van der Waals surface area contributed by atoms with Gasteiger partial charge in [-0.15, -0.1) is 0 Å². The number of hydrogen-bond acceptors (Lipinski definition) is 7. The fraction of sp³-hybridized carbons (Fsp3) is 0.455. The molecule has 1 fully saturated rings. The summed E-state index contributed by atoms with van der Waals surface area (Å²) in [6.45, 7) is 0.527. The topological polar surface area (TPSA) is 132 Å². The molecule has 9 nitrogen and oxygen atoms in total. The Morgan fingerprint density at radius 2 is 2.45 bits per heavy atom. The molecule has 2 rings (SSSR count). The van der Waals surface area contributed by atoms with Crippen molar-refractivity contribution in [2.45, 2.75) is 6.10 Å². The van der Waals surface area contributed by atoms with E-state index >= 15 is 0 Å². The van der Waals surface area contributed by atoms with Crippen molar-refractivity contribution in [3.8, 4) is 0 Å². The Morgan fingerprint density at radius 1 is 1.70 bits per heavy atom. The molecule has 1 aromatic heterocycles. The number of aliphatic hydroxyl groups excluding tert-OH is 1. The zero-order valence-corrected chi connectivity index (χ0v) is 10.6. The van der Waals surface area contributed by atoms with Crippen molar-refractivity contribution in [1.29, 1.82) is 0 Å². The first-order valence-electron chi connectivity index (χ1n) is 5.94. The molecule has 1 unspecified atom stereocenters. The van der Waals surface area contributed by atoms with Gasteiger partial charge >= 0.3 is 0 Å². The SMILES string of the molecule is Nc1cc(C(=O)N2CCOC(CO)C2)c([N+](=O)[O-])cn1. The van der Waals surface area contributed by atoms with Gasteiger partial charge in [0.15, 0.2) is 0 Å². The van der Waals surface area contributed by atoms with Crippen molar-refractivity contribution >= 4 is 17.4 Å². The number of nitrogens with two attached hydrogens (primary N) is 1. The maximum atomic E-state index is 12.3. The Bertz CT molecular complexity index is 536. The molecular formula is C11H14N4O5. The zero-order chi connectivity index (χ0) is 14.7. The van der Waals surface area contributed by atoms with Gasteiger partial charge in [-0.1, -0.05) is 0 Å². The van der Waals surface area contributed by atoms with E-state index in [1.807, 2.05) is 0 Å². The van der Waals surface area contributed by atoms with Crippen LogP contribution in [0, 0.1) is 10.1 Å². The molecule has 0 bridgehead atoms. The molecule has 0 aromatic carbocycles. The number of pyridine rings is 1. The number of ether oxygens (including phenoxy) is 1. The van der Waals surface area contributed by atoms with E-state index in [1.165, 1.54) is 11.0 Å². The number of nitro groups is 1. The number of anilines is 1. The van der Waals surface area contributed by atoms with Crippen LogP contribution in [-0.4, -0.2) is 58.2 Å². The van der Waals surface area contributed by atoms with E-state index < -0.39 is 22.6 Å². The second-order valence-electron chi connectivity index (χ2n) is 4.31. The number of nitrogen functional groups attached to an aromatic ring is 1. The molecule has 1 aliphatic heterocycles. The minimum absolute atomic E-state index is 0.0333. The van der Waals surface area contributed by atoms with Gasteiger partial charge in [0.2, 0.25) is 0 Å². The summed E-state index contributed by atoms with van der Waals surface area (Å²) in [7, 11) is 0. The highest BCUT2D eigenvalue weighted by atomic mass is 16.6. The first-order valence-corrected chi connectivity index (χ1v) is 5.94. The lowest BCUT2D eigenvalue weighted by Gasteiger charge is -2.31. The monoisotopic (exact) mass is 282 g/mol. The van der Waals surface area contributed by atoms with Crippen LogP contribution >= 0.6 is 0 Å². The van der Waals surface area contributed by atoms with Crippen molar-refractivity contribution in [2.24, 2.45) is 0 Å². The van der Waals surface area contributed by atoms with Crippen LogP contribution in [0.2, 0.25) is 0 Å². The van der Waals surface area contributed by atoms with Crippen molar-refractivity contribution in [2.75, 3.05) is 32.0 Å². The largest absolute Gasteiger partial charge is 0.394 e. The molecular weight excluding hydrogens is 268 g/mol. The quantitative estimate of drug-likeness (QED) is 0.559. The maximum absolute atomic E-state index is 12.3. The van der Waals surface area contributed by atoms with Gasteiger partial charge in [-0.2, -0.15) is 0 Å². The third kappa shape index (κ3) is 2.83. The molecule has 20 heavy (non-hydrogen) atoms. The average molecular weight is 282 g/mol. The lowest BCUT2D eigenvalue weighted by atomic mass is 10.1. The molecule has 108 valence electrons. The predicted octanol–water partition coefficient (Wildman–Crippen LogP) is -0.595. The molecule has 1 atom stereocenters. The molecule has 0 radical (unpaired) electrons. The number of nitrogens with zero attached hydrogens (tertiary/aromatic N) is 3. The standard InChI is InChI=1S/C11H14N4O5/c12-10-3-8(9(4-13-10)15(18)19)11(17)14-1-2-20-7(5-14)6-16/h3-4,7,16H,1-2,5-6H2,(H2,12,13). The molecule has 0 saturated carbocycles. The van der Waals surface area contributed by atoms with Crippen LogP contribution in [0.15, 0.2) is 12.3 Å². The first-order chi connectivity index (χ1) is 9.52. The van der Waals surface area contributed by atoms with Crippen LogP contribution in [-0.2, 0) is 4.74 Å². The van der Waals surface area contributed by atoms with Gasteiger partial charge in [0.05, 0.1) is 24.2 Å². The van der Waals surface area contributed by atoms with Crippen LogP contribution in [0.4, 0.5) is 11.5 Å². The lowest BCUT2D eigenvalue weighted by Crippen LogP contribution is -2.47. The number of aromatic nitrogens is 1. The summed E-state index contributed by atoms with van der Waals surface area (Å²) in [6.07, 6.45) is 0.484. The molecule has 1 aliphatic rings. The molecule has 9 heteroatoms. The van der Waals surface area contributed by atoms with Crippen LogP contribution < -0.4 is 5.73 Å². The fourth-order valence-corrected chi connectivity index (χ4v) is 1.97. The van der Waals surface area contributed by atoms with Gasteiger partial charge in [-0.25, -0.2) is 4.98 Å². The van der Waals surface area contributed by atoms with E-state index in [9.17, 15) is 14.9 Å². The Labute approximate surface area is 114 Å². The molecule has 2 heterocycles. The van der Waals surface area contributed by atoms with Gasteiger partial charge in [-0.05, 0) is 6.07 Å². The summed E-state index contributed by atoms with van der Waals surface area (Å²) in [5.41, 5.74) is 4.98. The average Bonchev–Trinajstić information content (AvgIpc) is 2.46. The highest BCUT2D eigenvalue weighted by Crippen LogP contribution is 2.22. The Morgan fingerprint density at radius 3 is 3.10 bits per heavy atom. The highest BCUT2D eigenvalue weighted by Gasteiger charge is 2.29. The van der Waals surface area contributed by atoms with Crippen molar-refractivity contribution in [3.63, 3.8) is 0 Å². The highest BCUT2D eigenvalue weighted by molar-refractivity contribution is 5.98. The van der Waals surface area contributed by atoms with Gasteiger partial charge < -0.3 is 20.5 Å². The van der Waals surface area contributed by atoms with E-state index in [0.29, 0.717) is 6.54 Å². The number of rotatable bonds is 3. The summed E-state index contributed by atoms with van der Waals surface area (Å²) < 4.78 is 5.23. The zero-order valence-electron chi connectivity index (χ0n) is 10.6. The van der Waals surface area contributed by atoms with Crippen molar-refractivity contribution in [1.82, 2.24) is 9.88 Å². The van der Waals surface area contributed by atoms with E-state index in [2.05, 4.69) is 4.98 Å². The third-order valence-corrected chi connectivity index (χ3v) is 2.96. The first kappa shape index (κ1) is 14.2. The number of amides is 1. The summed E-state index contributed by atoms with van der Waals surface area (Å²) in [5, 5.41) is 20.0. The Hall–Kier alpha value is -2.26. The molecule has 1 aromatic rings. The fourth-order valence-electron chi connectivity index (χ4n) is 1.97. The molecule has 3 N–H and O–H groups in total. The summed E-state index contributed by atoms with van der Waals surface area (Å²) >= 11 is 0. The smallest absolute Gasteiger partial charge is 0.300 e. The van der Waals surface area contributed by atoms with E-state index in [1.54, 1.807) is 0 Å². The van der Waals surface area contributed by atoms with Crippen molar-refractivity contribution < 1.29 is 19.6 Å². The summed E-state index contributed by atoms with van der Waals surface area (Å²) in [6, 6.07) is 1.18. The number of carbonyl (C=O) groups excluding carboxylic acids is 1. The van der Waals surface area contributed by atoms with Gasteiger partial charge in [0, 0.05) is 13.1 Å². The maximum Gasteiger partial charge on any atom is 0.300 e. The van der Waals surface area contributed by atoms with Gasteiger partial charge in [0.1, 0.15) is 17.6 Å². The Kier molecular flexibility index (Phi) is 4.11. The predicted molar refractivity (Wildman–Crippen MR) is 68.0 cm³/mol. The van der Waals surface area contributed by atoms with E-state index in [-0.39, 0.29) is 31.1 Å². The third-order valence-electron chi connectivity index (χ3n) is 2.96. The van der Waals surface area contributed by atoms with Crippen molar-refractivity contribution in [3.05, 3.63) is 27.9 Å². The number of aliphatic hydroxyl groups is 1. The summed E-state index contributed by atoms with van der Waals surface area (Å²) in [4.78, 5) is 27.6. The van der Waals surface area contributed by atoms with Crippen LogP contribution in [0.5, 0.6) is 0 Å². The van der Waals surface area contributed by atoms with Crippen LogP contribution in [0.25, 0.3) is 0 Å². The number of morpholine rings is 1. The van der Waals surface area contributed by atoms with E-state index in [0.717, 1.165) is 6.20 Å².